The number of nitrogens with zero attached hydrogens (tertiary/aromatic N) is 2. The quantitative estimate of drug-likeness (QED) is 0.0359. The van der Waals surface area contributed by atoms with Crippen LogP contribution in [0.5, 0.6) is 0 Å². The molecule has 0 aromatic carbocycles. The van der Waals surface area contributed by atoms with Gasteiger partial charge in [-0.1, -0.05) is 77.0 Å². The highest BCUT2D eigenvalue weighted by molar-refractivity contribution is 5.90. The first kappa shape index (κ1) is 63.7. The number of ether oxygens (including phenoxy) is 1. The highest BCUT2D eigenvalue weighted by atomic mass is 16.5. The monoisotopic (exact) mass is 1030 g/mol. The number of allylic oxidation sites excluding steroid dienone is 2. The Morgan fingerprint density at radius 1 is 0.712 bits per heavy atom. The van der Waals surface area contributed by atoms with E-state index >= 15 is 0 Å². The molecular formula is C52H92N10O11. The number of nitrogens with one attached hydrogen (secondary N) is 7. The van der Waals surface area contributed by atoms with E-state index in [9.17, 15) is 43.5 Å². The highest BCUT2D eigenvalue weighted by Gasteiger charge is 2.37. The number of primary amides is 1. The third-order valence-corrected chi connectivity index (χ3v) is 13.0. The second-order valence-corrected chi connectivity index (χ2v) is 19.3. The summed E-state index contributed by atoms with van der Waals surface area (Å²) >= 11 is 0. The molecule has 21 nitrogen and oxygen atoms in total. The molecule has 2 aliphatic heterocycles. The van der Waals surface area contributed by atoms with Crippen LogP contribution in [0.15, 0.2) is 23.4 Å². The van der Waals surface area contributed by atoms with Gasteiger partial charge in [0.25, 0.3) is 0 Å². The van der Waals surface area contributed by atoms with Crippen molar-refractivity contribution >= 4 is 47.3 Å². The predicted octanol–water partition coefficient (Wildman–Crippen LogP) is 5.02. The zero-order chi connectivity index (χ0) is 53.6. The maximum atomic E-state index is 13.9. The van der Waals surface area contributed by atoms with Crippen molar-refractivity contribution in [1.29, 1.82) is 0 Å². The number of carboxylic acid groups (broad SMARTS) is 1. The van der Waals surface area contributed by atoms with Crippen molar-refractivity contribution in [3.63, 3.8) is 0 Å². The van der Waals surface area contributed by atoms with Crippen molar-refractivity contribution in [2.24, 2.45) is 5.73 Å². The molecule has 2 aliphatic rings. The number of aliphatic carboxylic acids is 1. The molecule has 21 heteroatoms. The van der Waals surface area contributed by atoms with Crippen LogP contribution in [0.25, 0.3) is 0 Å². The van der Waals surface area contributed by atoms with Crippen LogP contribution in [-0.4, -0.2) is 125 Å². The Hall–Kier alpha value is -5.44. The van der Waals surface area contributed by atoms with Gasteiger partial charge in [-0.05, 0) is 84.5 Å². The van der Waals surface area contributed by atoms with Crippen LogP contribution in [0.3, 0.4) is 0 Å². The molecule has 0 aromatic heterocycles. The summed E-state index contributed by atoms with van der Waals surface area (Å²) in [6.07, 6.45) is 22.1. The minimum absolute atomic E-state index is 0.0593. The van der Waals surface area contributed by atoms with E-state index in [1.165, 1.54) is 43.9 Å². The average Bonchev–Trinajstić information content (AvgIpc) is 3.78. The second-order valence-electron chi connectivity index (χ2n) is 19.3. The van der Waals surface area contributed by atoms with Gasteiger partial charge < -0.3 is 57.6 Å². The summed E-state index contributed by atoms with van der Waals surface area (Å²) in [4.78, 5) is 100. The van der Waals surface area contributed by atoms with E-state index in [1.807, 2.05) is 18.1 Å². The first-order chi connectivity index (χ1) is 35.1. The highest BCUT2D eigenvalue weighted by Crippen LogP contribution is 2.26. The fourth-order valence-corrected chi connectivity index (χ4v) is 8.86. The van der Waals surface area contributed by atoms with E-state index in [-0.39, 0.29) is 73.8 Å². The first-order valence-electron chi connectivity index (χ1n) is 27.3. The minimum atomic E-state index is -0.863. The van der Waals surface area contributed by atoms with Crippen LogP contribution >= 0.6 is 0 Å². The summed E-state index contributed by atoms with van der Waals surface area (Å²) in [7, 11) is 0. The van der Waals surface area contributed by atoms with Crippen molar-refractivity contribution in [2.45, 2.75) is 219 Å². The summed E-state index contributed by atoms with van der Waals surface area (Å²) in [6, 6.07) is -2.42. The Labute approximate surface area is 434 Å². The largest absolute Gasteiger partial charge is 0.508 e. The third kappa shape index (κ3) is 29.8. The van der Waals surface area contributed by atoms with E-state index in [0.717, 1.165) is 57.1 Å². The number of aliphatic hydroxyl groups excluding tert-OH is 1. The summed E-state index contributed by atoms with van der Waals surface area (Å²) < 4.78 is 5.29. The zero-order valence-corrected chi connectivity index (χ0v) is 44.4. The van der Waals surface area contributed by atoms with Crippen LogP contribution in [0.2, 0.25) is 0 Å². The minimum Gasteiger partial charge on any atom is -0.508 e. The fraction of sp³-hybridized carbons (Fsp3) is 0.769. The number of hydrogen-bond donors (Lipinski definition) is 10. The Kier molecular flexibility index (Phi) is 34.1. The molecule has 0 spiro atoms. The summed E-state index contributed by atoms with van der Waals surface area (Å²) in [5.74, 6) is -2.85. The van der Waals surface area contributed by atoms with E-state index in [0.29, 0.717) is 103 Å². The van der Waals surface area contributed by atoms with Crippen LogP contribution < -0.4 is 43.3 Å². The molecule has 0 saturated heterocycles. The molecule has 0 fully saturated rings. The Morgan fingerprint density at radius 2 is 1.27 bits per heavy atom. The lowest BCUT2D eigenvalue weighted by atomic mass is 10.0. The van der Waals surface area contributed by atoms with E-state index < -0.39 is 35.9 Å². The third-order valence-electron chi connectivity index (χ3n) is 13.0. The van der Waals surface area contributed by atoms with Gasteiger partial charge in [-0.25, -0.2) is 0 Å². The molecule has 3 atom stereocenters. The molecule has 2 rings (SSSR count). The smallest absolute Gasteiger partial charge is 0.303 e. The lowest BCUT2D eigenvalue weighted by Crippen LogP contribution is -2.48. The van der Waals surface area contributed by atoms with Gasteiger partial charge >= 0.3 is 5.97 Å². The van der Waals surface area contributed by atoms with Gasteiger partial charge in [0.1, 0.15) is 17.8 Å². The van der Waals surface area contributed by atoms with Gasteiger partial charge in [0, 0.05) is 83.7 Å². The summed E-state index contributed by atoms with van der Waals surface area (Å²) in [5.41, 5.74) is 12.5. The van der Waals surface area contributed by atoms with Gasteiger partial charge in [-0.15, -0.1) is 5.53 Å². The normalized spacial score (nSPS) is 16.0. The molecule has 0 saturated carbocycles. The Morgan fingerprint density at radius 3 is 1.86 bits per heavy atom. The van der Waals surface area contributed by atoms with Crippen molar-refractivity contribution < 1.29 is 53.3 Å². The lowest BCUT2D eigenvalue weighted by molar-refractivity contribution is -0.138. The lowest BCUT2D eigenvalue weighted by Gasteiger charge is -2.30. The number of carboxylic acids is 1. The van der Waals surface area contributed by atoms with Crippen LogP contribution in [-0.2, 0) is 43.1 Å². The summed E-state index contributed by atoms with van der Waals surface area (Å²) in [5, 5.41) is 36.0. The standard InChI is InChI=1S/C52H92N10O11/c1-4-73-37-35-56-47(66)32-30-42-50(70)39(2)62(48(67)27-17-15-13-11-9-7-5-6-8-10-12-14-16-18-28-49(68)69)44(52(72)58-42)25-20-22-34-54-45(64)26-23-36-61-38-41(59-60-61)29-31-46(65)55-33-21-19-24-43(51(53)71)57-40(3)63/h38,42-44,59-60,70H,4-37H2,1-3H3,(H2,53,71)(H,54,64)(H,55,65)(H,56,66)(H,57,63)(H,58,72)(H,68,69)/t42?,43-,44-/m0/s1. The number of amides is 7. The Bertz CT molecular complexity index is 1760. The number of aliphatic hydroxyl groups is 1. The number of rotatable bonds is 43. The van der Waals surface area contributed by atoms with Gasteiger partial charge in [-0.2, -0.15) is 0 Å². The average molecular weight is 1030 g/mol. The molecule has 0 aliphatic carbocycles. The van der Waals surface area contributed by atoms with Crippen molar-refractivity contribution in [3.8, 4) is 0 Å². The SMILES string of the molecule is CCOCCNC(=O)CCC1NC(=O)[C@H](CCCCNC(=O)CCCN2C=C(CCC(=O)NCCCC[C@H](NC(C)=O)C(N)=O)NN2)N(C(=O)CCCCCCCCCCCCCCCCC(=O)O)C(C)=C1O. The zero-order valence-electron chi connectivity index (χ0n) is 44.4. The number of hydrogen-bond acceptors (Lipinski definition) is 13. The maximum absolute atomic E-state index is 13.9. The Balaban J connectivity index is 1.77. The van der Waals surface area contributed by atoms with E-state index in [2.05, 4.69) is 37.5 Å². The first-order valence-corrected chi connectivity index (χ1v) is 27.3. The molecule has 2 heterocycles. The number of carbonyl (C=O) groups is 8. The van der Waals surface area contributed by atoms with Crippen molar-refractivity contribution in [3.05, 3.63) is 23.4 Å². The van der Waals surface area contributed by atoms with Crippen LogP contribution in [0.1, 0.15) is 201 Å². The van der Waals surface area contributed by atoms with Gasteiger partial charge in [0.2, 0.25) is 41.4 Å². The molecule has 416 valence electrons. The van der Waals surface area contributed by atoms with Crippen molar-refractivity contribution in [1.82, 2.24) is 47.5 Å². The molecule has 0 radical (unpaired) electrons. The topological polar surface area (TPSA) is 303 Å². The molecular weight excluding hydrogens is 941 g/mol. The van der Waals surface area contributed by atoms with E-state index in [4.69, 9.17) is 15.6 Å². The van der Waals surface area contributed by atoms with E-state index in [1.54, 1.807) is 6.92 Å². The second kappa shape index (κ2) is 39.1. The molecule has 0 aromatic rings. The number of nitrogens with two attached hydrogens (primary N) is 1. The van der Waals surface area contributed by atoms with Gasteiger partial charge in [0.15, 0.2) is 0 Å². The number of hydrazine groups is 2. The molecule has 73 heavy (non-hydrogen) atoms. The summed E-state index contributed by atoms with van der Waals surface area (Å²) in [6.45, 7) is 7.50. The number of unbranched alkanes of at least 4 members (excludes halogenated alkanes) is 15. The van der Waals surface area contributed by atoms with Gasteiger partial charge in [0.05, 0.1) is 18.3 Å². The van der Waals surface area contributed by atoms with Gasteiger partial charge in [-0.3, -0.25) is 43.4 Å². The molecule has 11 N–H and O–H groups in total. The fourth-order valence-electron chi connectivity index (χ4n) is 8.86. The maximum Gasteiger partial charge on any atom is 0.303 e. The van der Waals surface area contributed by atoms with Crippen molar-refractivity contribution in [2.75, 3.05) is 39.4 Å². The molecule has 7 amide bonds. The molecule has 0 bridgehead atoms. The number of carbonyl (C=O) groups excluding carboxylic acids is 7. The molecule has 1 unspecified atom stereocenters. The predicted molar refractivity (Wildman–Crippen MR) is 278 cm³/mol. The van der Waals surface area contributed by atoms with Crippen LogP contribution in [0, 0.1) is 0 Å². The van der Waals surface area contributed by atoms with Crippen LogP contribution in [0.4, 0.5) is 0 Å².